The summed E-state index contributed by atoms with van der Waals surface area (Å²) in [6, 6.07) is 9.90. The standard InChI is InChI=1S/C11H6Br2N/c12-9-1-2-11(13)10(7-9)8-3-5-14-6-4-8/h1-5,7H. The van der Waals surface area contributed by atoms with E-state index in [9.17, 15) is 0 Å². The van der Waals surface area contributed by atoms with Crippen molar-refractivity contribution >= 4 is 31.9 Å². The van der Waals surface area contributed by atoms with Gasteiger partial charge in [-0.05, 0) is 41.5 Å². The third-order valence-corrected chi connectivity index (χ3v) is 3.05. The molecule has 69 valence electrons. The Morgan fingerprint density at radius 1 is 1.14 bits per heavy atom. The summed E-state index contributed by atoms with van der Waals surface area (Å²) in [6.45, 7) is 0. The average Bonchev–Trinajstić information content (AvgIpc) is 2.23. The Morgan fingerprint density at radius 3 is 2.71 bits per heavy atom. The lowest BCUT2D eigenvalue weighted by molar-refractivity contribution is 1.31. The van der Waals surface area contributed by atoms with Gasteiger partial charge in [-0.25, -0.2) is 0 Å². The van der Waals surface area contributed by atoms with E-state index in [4.69, 9.17) is 0 Å². The molecule has 2 rings (SSSR count). The van der Waals surface area contributed by atoms with Crippen LogP contribution in [0.3, 0.4) is 0 Å². The number of pyridine rings is 1. The van der Waals surface area contributed by atoms with E-state index < -0.39 is 0 Å². The van der Waals surface area contributed by atoms with Gasteiger partial charge in [0.15, 0.2) is 0 Å². The first-order valence-corrected chi connectivity index (χ1v) is 5.63. The maximum atomic E-state index is 3.87. The maximum absolute atomic E-state index is 3.87. The van der Waals surface area contributed by atoms with Crippen molar-refractivity contribution < 1.29 is 0 Å². The molecular weight excluding hydrogens is 306 g/mol. The normalized spacial score (nSPS) is 10.1. The Bertz CT molecular complexity index is 440. The van der Waals surface area contributed by atoms with Crippen LogP contribution in [0.2, 0.25) is 0 Å². The summed E-state index contributed by atoms with van der Waals surface area (Å²) < 4.78 is 2.13. The van der Waals surface area contributed by atoms with Gasteiger partial charge in [0.2, 0.25) is 0 Å². The fraction of sp³-hybridized carbons (Fsp3) is 0. The second-order valence-corrected chi connectivity index (χ2v) is 4.57. The van der Waals surface area contributed by atoms with Gasteiger partial charge in [0.05, 0.1) is 6.20 Å². The lowest BCUT2D eigenvalue weighted by atomic mass is 10.1. The first kappa shape index (κ1) is 9.87. The van der Waals surface area contributed by atoms with Crippen LogP contribution in [0.25, 0.3) is 11.1 Å². The van der Waals surface area contributed by atoms with Gasteiger partial charge in [-0.2, -0.15) is 0 Å². The summed E-state index contributed by atoms with van der Waals surface area (Å²) in [4.78, 5) is 3.87. The molecule has 14 heavy (non-hydrogen) atoms. The molecule has 0 aliphatic carbocycles. The van der Waals surface area contributed by atoms with Crippen molar-refractivity contribution in [1.82, 2.24) is 4.98 Å². The van der Waals surface area contributed by atoms with Crippen molar-refractivity contribution in [1.29, 1.82) is 0 Å². The molecular formula is C11H6Br2N. The number of halogens is 2. The fourth-order valence-electron chi connectivity index (χ4n) is 1.20. The monoisotopic (exact) mass is 310 g/mol. The summed E-state index contributed by atoms with van der Waals surface area (Å²) in [5.41, 5.74) is 2.24. The summed E-state index contributed by atoms with van der Waals surface area (Å²) in [5.74, 6) is 0. The van der Waals surface area contributed by atoms with Crippen LogP contribution in [0.4, 0.5) is 0 Å². The summed E-state index contributed by atoms with van der Waals surface area (Å²) in [5, 5.41) is 0. The van der Waals surface area contributed by atoms with E-state index >= 15 is 0 Å². The van der Waals surface area contributed by atoms with Crippen molar-refractivity contribution in [3.63, 3.8) is 0 Å². The molecule has 1 nitrogen and oxygen atoms in total. The topological polar surface area (TPSA) is 12.9 Å². The van der Waals surface area contributed by atoms with Crippen molar-refractivity contribution in [3.05, 3.63) is 51.7 Å². The summed E-state index contributed by atoms with van der Waals surface area (Å²) in [7, 11) is 0. The lowest BCUT2D eigenvalue weighted by Crippen LogP contribution is -1.80. The van der Waals surface area contributed by atoms with Crippen LogP contribution < -0.4 is 0 Å². The highest BCUT2D eigenvalue weighted by molar-refractivity contribution is 9.11. The Balaban J connectivity index is 2.57. The van der Waals surface area contributed by atoms with E-state index in [1.54, 1.807) is 6.20 Å². The molecule has 0 saturated carbocycles. The van der Waals surface area contributed by atoms with Crippen LogP contribution in [0.1, 0.15) is 0 Å². The van der Waals surface area contributed by atoms with Gasteiger partial charge >= 0.3 is 0 Å². The minimum absolute atomic E-state index is 1.06. The van der Waals surface area contributed by atoms with Gasteiger partial charge in [0.1, 0.15) is 0 Å². The molecule has 0 atom stereocenters. The SMILES string of the molecule is Brc1ccc(Br)c(-c2c[c]ncc2)c1. The van der Waals surface area contributed by atoms with Crippen molar-refractivity contribution in [2.75, 3.05) is 0 Å². The molecule has 2 aromatic rings. The Hall–Kier alpha value is -0.670. The number of nitrogens with zero attached hydrogens (tertiary/aromatic N) is 1. The first-order chi connectivity index (χ1) is 6.77. The van der Waals surface area contributed by atoms with E-state index in [0.29, 0.717) is 0 Å². The molecule has 1 radical (unpaired) electrons. The third-order valence-electron chi connectivity index (χ3n) is 1.86. The molecule has 0 N–H and O–H groups in total. The minimum Gasteiger partial charge on any atom is -0.255 e. The highest BCUT2D eigenvalue weighted by atomic mass is 79.9. The summed E-state index contributed by atoms with van der Waals surface area (Å²) >= 11 is 6.96. The zero-order chi connectivity index (χ0) is 9.97. The number of rotatable bonds is 1. The van der Waals surface area contributed by atoms with Gasteiger partial charge in [-0.1, -0.05) is 31.9 Å². The predicted octanol–water partition coefficient (Wildman–Crippen LogP) is 4.07. The molecule has 0 aliphatic rings. The molecule has 1 heterocycles. The number of benzene rings is 1. The van der Waals surface area contributed by atoms with Crippen LogP contribution >= 0.6 is 31.9 Å². The van der Waals surface area contributed by atoms with Crippen LogP contribution in [0, 0.1) is 6.20 Å². The van der Waals surface area contributed by atoms with Crippen LogP contribution in [-0.4, -0.2) is 4.98 Å². The Morgan fingerprint density at radius 2 is 2.00 bits per heavy atom. The predicted molar refractivity (Wildman–Crippen MR) is 63.9 cm³/mol. The second-order valence-electron chi connectivity index (χ2n) is 2.80. The van der Waals surface area contributed by atoms with Crippen molar-refractivity contribution in [2.24, 2.45) is 0 Å². The van der Waals surface area contributed by atoms with Gasteiger partial charge in [0.25, 0.3) is 0 Å². The van der Waals surface area contributed by atoms with Crippen molar-refractivity contribution in [3.8, 4) is 11.1 Å². The van der Waals surface area contributed by atoms with E-state index in [1.165, 1.54) is 0 Å². The smallest absolute Gasteiger partial charge is 0.0892 e. The average molecular weight is 312 g/mol. The van der Waals surface area contributed by atoms with E-state index in [0.717, 1.165) is 20.1 Å². The molecule has 0 unspecified atom stereocenters. The number of aromatic nitrogens is 1. The minimum atomic E-state index is 1.06. The van der Waals surface area contributed by atoms with E-state index in [-0.39, 0.29) is 0 Å². The van der Waals surface area contributed by atoms with Gasteiger partial charge in [-0.15, -0.1) is 0 Å². The quantitative estimate of drug-likeness (QED) is 0.773. The molecule has 3 heteroatoms. The molecule has 0 spiro atoms. The molecule has 0 aliphatic heterocycles. The van der Waals surface area contributed by atoms with E-state index in [2.05, 4.69) is 49.1 Å². The van der Waals surface area contributed by atoms with Gasteiger partial charge in [-0.3, -0.25) is 4.98 Å². The Kier molecular flexibility index (Phi) is 2.99. The second kappa shape index (κ2) is 4.24. The van der Waals surface area contributed by atoms with E-state index in [1.807, 2.05) is 24.3 Å². The number of hydrogen-bond donors (Lipinski definition) is 0. The third kappa shape index (κ3) is 2.04. The number of hydrogen-bond acceptors (Lipinski definition) is 1. The molecule has 0 amide bonds. The maximum Gasteiger partial charge on any atom is 0.0892 e. The van der Waals surface area contributed by atoms with Gasteiger partial charge < -0.3 is 0 Å². The largest absolute Gasteiger partial charge is 0.255 e. The zero-order valence-electron chi connectivity index (χ0n) is 7.17. The first-order valence-electron chi connectivity index (χ1n) is 4.05. The molecule has 0 fully saturated rings. The molecule has 0 saturated heterocycles. The molecule has 0 bridgehead atoms. The lowest BCUT2D eigenvalue weighted by Gasteiger charge is -2.04. The van der Waals surface area contributed by atoms with Crippen molar-refractivity contribution in [2.45, 2.75) is 0 Å². The highest BCUT2D eigenvalue weighted by Crippen LogP contribution is 2.30. The molecule has 1 aromatic heterocycles. The van der Waals surface area contributed by atoms with Crippen LogP contribution in [0.5, 0.6) is 0 Å². The zero-order valence-corrected chi connectivity index (χ0v) is 10.3. The fourth-order valence-corrected chi connectivity index (χ4v) is 2.04. The molecule has 1 aromatic carbocycles. The van der Waals surface area contributed by atoms with Crippen LogP contribution in [-0.2, 0) is 0 Å². The van der Waals surface area contributed by atoms with Crippen LogP contribution in [0.15, 0.2) is 45.5 Å². The Labute approximate surface area is 99.4 Å². The van der Waals surface area contributed by atoms with Gasteiger partial charge in [0, 0.05) is 15.1 Å². The summed E-state index contributed by atoms with van der Waals surface area (Å²) in [6.07, 6.45) is 4.56. The highest BCUT2D eigenvalue weighted by Gasteiger charge is 2.02.